The van der Waals surface area contributed by atoms with Gasteiger partial charge in [-0.25, -0.2) is 4.79 Å². The molecule has 1 fully saturated rings. The van der Waals surface area contributed by atoms with E-state index in [1.54, 1.807) is 16.7 Å². The fourth-order valence-corrected chi connectivity index (χ4v) is 3.23. The Kier molecular flexibility index (Phi) is 5.68. The Morgan fingerprint density at radius 2 is 1.61 bits per heavy atom. The van der Waals surface area contributed by atoms with Crippen molar-refractivity contribution in [1.82, 2.24) is 9.80 Å². The van der Waals surface area contributed by atoms with Crippen molar-refractivity contribution < 1.29 is 14.3 Å². The van der Waals surface area contributed by atoms with Crippen LogP contribution in [0.15, 0.2) is 10.5 Å². The van der Waals surface area contributed by atoms with Gasteiger partial charge in [0.25, 0.3) is 5.91 Å². The van der Waals surface area contributed by atoms with Crippen molar-refractivity contribution in [3.8, 4) is 0 Å². The molecule has 0 unspecified atom stereocenters. The summed E-state index contributed by atoms with van der Waals surface area (Å²) < 4.78 is 5.96. The highest BCUT2D eigenvalue weighted by Gasteiger charge is 2.26. The lowest BCUT2D eigenvalue weighted by molar-refractivity contribution is 0.0569. The second-order valence-corrected chi connectivity index (χ2v) is 6.61. The minimum Gasteiger partial charge on any atom is -0.450 e. The standard InChI is InChI=1S/C17H23BrN2O3/c1-5-23-17(22)20-8-6-19(7-9-20)16(21)14-10-15(18)13(4)11(2)12(14)3/h10H,5-9H2,1-4H3. The summed E-state index contributed by atoms with van der Waals surface area (Å²) in [4.78, 5) is 28.0. The Morgan fingerprint density at radius 3 is 2.17 bits per heavy atom. The summed E-state index contributed by atoms with van der Waals surface area (Å²) in [7, 11) is 0. The average Bonchev–Trinajstić information content (AvgIpc) is 2.56. The van der Waals surface area contributed by atoms with E-state index in [1.165, 1.54) is 0 Å². The molecule has 0 radical (unpaired) electrons. The van der Waals surface area contributed by atoms with Crippen LogP contribution in [-0.4, -0.2) is 54.6 Å². The van der Waals surface area contributed by atoms with E-state index in [0.717, 1.165) is 26.7 Å². The number of hydrogen-bond donors (Lipinski definition) is 0. The van der Waals surface area contributed by atoms with Crippen LogP contribution in [-0.2, 0) is 4.74 Å². The predicted molar refractivity (Wildman–Crippen MR) is 92.9 cm³/mol. The number of nitrogens with zero attached hydrogens (tertiary/aromatic N) is 2. The van der Waals surface area contributed by atoms with E-state index in [0.29, 0.717) is 32.8 Å². The van der Waals surface area contributed by atoms with E-state index in [4.69, 9.17) is 4.74 Å². The van der Waals surface area contributed by atoms with Gasteiger partial charge in [-0.1, -0.05) is 15.9 Å². The molecule has 1 aliphatic rings. The molecule has 1 aromatic rings. The summed E-state index contributed by atoms with van der Waals surface area (Å²) in [5.74, 6) is 0.0230. The fourth-order valence-electron chi connectivity index (χ4n) is 2.70. The highest BCUT2D eigenvalue weighted by atomic mass is 79.9. The Labute approximate surface area is 145 Å². The van der Waals surface area contributed by atoms with Gasteiger partial charge < -0.3 is 14.5 Å². The Bertz CT molecular complexity index is 623. The lowest BCUT2D eigenvalue weighted by Gasteiger charge is -2.34. The van der Waals surface area contributed by atoms with Crippen LogP contribution in [0.25, 0.3) is 0 Å². The number of benzene rings is 1. The van der Waals surface area contributed by atoms with Crippen molar-refractivity contribution in [3.05, 3.63) is 32.8 Å². The summed E-state index contributed by atoms with van der Waals surface area (Å²) >= 11 is 3.53. The Morgan fingerprint density at radius 1 is 1.04 bits per heavy atom. The number of halogens is 1. The molecule has 1 aromatic carbocycles. The van der Waals surface area contributed by atoms with Crippen molar-refractivity contribution in [2.24, 2.45) is 0 Å². The molecule has 0 N–H and O–H groups in total. The van der Waals surface area contributed by atoms with Gasteiger partial charge in [-0.2, -0.15) is 0 Å². The lowest BCUT2D eigenvalue weighted by atomic mass is 9.98. The summed E-state index contributed by atoms with van der Waals surface area (Å²) in [5, 5.41) is 0. The van der Waals surface area contributed by atoms with Crippen molar-refractivity contribution in [2.45, 2.75) is 27.7 Å². The fraction of sp³-hybridized carbons (Fsp3) is 0.529. The molecule has 0 spiro atoms. The second kappa shape index (κ2) is 7.34. The first-order valence-electron chi connectivity index (χ1n) is 7.84. The van der Waals surface area contributed by atoms with Gasteiger partial charge in [0.15, 0.2) is 0 Å². The molecule has 2 amide bonds. The van der Waals surface area contributed by atoms with Gasteiger partial charge in [-0.05, 0) is 50.5 Å². The maximum atomic E-state index is 12.8. The van der Waals surface area contributed by atoms with Gasteiger partial charge in [-0.15, -0.1) is 0 Å². The third-order valence-electron chi connectivity index (χ3n) is 4.48. The van der Waals surface area contributed by atoms with Crippen LogP contribution in [0.5, 0.6) is 0 Å². The van der Waals surface area contributed by atoms with Crippen molar-refractivity contribution >= 4 is 27.9 Å². The number of rotatable bonds is 2. The molecule has 1 saturated heterocycles. The van der Waals surface area contributed by atoms with Gasteiger partial charge in [-0.3, -0.25) is 4.79 Å². The van der Waals surface area contributed by atoms with E-state index >= 15 is 0 Å². The molecular formula is C17H23BrN2O3. The minimum atomic E-state index is -0.301. The molecule has 1 aliphatic heterocycles. The molecule has 5 nitrogen and oxygen atoms in total. The first-order valence-corrected chi connectivity index (χ1v) is 8.63. The number of carbonyl (C=O) groups is 2. The molecule has 0 saturated carbocycles. The van der Waals surface area contributed by atoms with E-state index in [1.807, 2.05) is 26.8 Å². The van der Waals surface area contributed by atoms with Gasteiger partial charge in [0.1, 0.15) is 0 Å². The van der Waals surface area contributed by atoms with Crippen LogP contribution >= 0.6 is 15.9 Å². The summed E-state index contributed by atoms with van der Waals surface area (Å²) in [6.45, 7) is 10.3. The van der Waals surface area contributed by atoms with Gasteiger partial charge in [0, 0.05) is 36.2 Å². The zero-order valence-electron chi connectivity index (χ0n) is 14.1. The molecule has 6 heteroatoms. The van der Waals surface area contributed by atoms with Gasteiger partial charge in [0.05, 0.1) is 6.61 Å². The third kappa shape index (κ3) is 3.68. The van der Waals surface area contributed by atoms with Crippen LogP contribution < -0.4 is 0 Å². The highest BCUT2D eigenvalue weighted by molar-refractivity contribution is 9.10. The molecule has 1 heterocycles. The quantitative estimate of drug-likeness (QED) is 0.788. The molecule has 0 aromatic heterocycles. The van der Waals surface area contributed by atoms with Crippen LogP contribution in [0.3, 0.4) is 0 Å². The number of carbonyl (C=O) groups excluding carboxylic acids is 2. The third-order valence-corrected chi connectivity index (χ3v) is 5.31. The zero-order chi connectivity index (χ0) is 17.1. The summed E-state index contributed by atoms with van der Waals surface area (Å²) in [6.07, 6.45) is -0.301. The zero-order valence-corrected chi connectivity index (χ0v) is 15.7. The van der Waals surface area contributed by atoms with E-state index in [-0.39, 0.29) is 12.0 Å². The van der Waals surface area contributed by atoms with E-state index in [2.05, 4.69) is 15.9 Å². The lowest BCUT2D eigenvalue weighted by Crippen LogP contribution is -2.50. The largest absolute Gasteiger partial charge is 0.450 e. The van der Waals surface area contributed by atoms with Crippen LogP contribution in [0, 0.1) is 20.8 Å². The Hall–Kier alpha value is -1.56. The normalized spacial score (nSPS) is 14.8. The van der Waals surface area contributed by atoms with Crippen LogP contribution in [0.2, 0.25) is 0 Å². The maximum absolute atomic E-state index is 12.8. The van der Waals surface area contributed by atoms with Crippen molar-refractivity contribution in [1.29, 1.82) is 0 Å². The van der Waals surface area contributed by atoms with E-state index in [9.17, 15) is 9.59 Å². The smallest absolute Gasteiger partial charge is 0.409 e. The predicted octanol–water partition coefficient (Wildman–Crippen LogP) is 3.29. The topological polar surface area (TPSA) is 49.9 Å². The first-order chi connectivity index (χ1) is 10.9. The van der Waals surface area contributed by atoms with E-state index < -0.39 is 0 Å². The minimum absolute atomic E-state index is 0.0230. The van der Waals surface area contributed by atoms with Crippen molar-refractivity contribution in [3.63, 3.8) is 0 Å². The molecule has 0 bridgehead atoms. The van der Waals surface area contributed by atoms with Crippen molar-refractivity contribution in [2.75, 3.05) is 32.8 Å². The van der Waals surface area contributed by atoms with Crippen LogP contribution in [0.4, 0.5) is 4.79 Å². The SMILES string of the molecule is CCOC(=O)N1CCN(C(=O)c2cc(Br)c(C)c(C)c2C)CC1. The summed E-state index contributed by atoms with van der Waals surface area (Å²) in [5.41, 5.74) is 4.03. The second-order valence-electron chi connectivity index (χ2n) is 5.76. The van der Waals surface area contributed by atoms with Crippen LogP contribution in [0.1, 0.15) is 34.0 Å². The van der Waals surface area contributed by atoms with Gasteiger partial charge in [0.2, 0.25) is 0 Å². The number of amides is 2. The monoisotopic (exact) mass is 382 g/mol. The molecule has 0 aliphatic carbocycles. The highest BCUT2D eigenvalue weighted by Crippen LogP contribution is 2.27. The van der Waals surface area contributed by atoms with Gasteiger partial charge >= 0.3 is 6.09 Å². The average molecular weight is 383 g/mol. The molecule has 23 heavy (non-hydrogen) atoms. The number of hydrogen-bond acceptors (Lipinski definition) is 3. The molecule has 0 atom stereocenters. The molecule has 126 valence electrons. The number of ether oxygens (including phenoxy) is 1. The maximum Gasteiger partial charge on any atom is 0.409 e. The molecular weight excluding hydrogens is 360 g/mol. The molecule has 2 rings (SSSR count). The summed E-state index contributed by atoms with van der Waals surface area (Å²) in [6, 6.07) is 1.90. The number of piperazine rings is 1. The first kappa shape index (κ1) is 17.8. The Balaban J connectivity index is 2.10.